The van der Waals surface area contributed by atoms with Gasteiger partial charge < -0.3 is 42.2 Å². The number of aliphatic hydroxyl groups is 1. The second-order valence-corrected chi connectivity index (χ2v) is 8.67. The maximum absolute atomic E-state index is 13.6. The third-order valence-electron chi connectivity index (χ3n) is 6.11. The number of aliphatic hydroxyl groups excluding tert-OH is 1. The van der Waals surface area contributed by atoms with Crippen molar-refractivity contribution in [1.82, 2.24) is 20.5 Å². The van der Waals surface area contributed by atoms with E-state index in [1.807, 2.05) is 24.3 Å². The Hall–Kier alpha value is -3.97. The third kappa shape index (κ3) is 6.17. The Balaban J connectivity index is 1.84. The van der Waals surface area contributed by atoms with Crippen molar-refractivity contribution in [3.05, 3.63) is 36.0 Å². The highest BCUT2D eigenvalue weighted by Crippen LogP contribution is 2.23. The number of hydrogen-bond acceptors (Lipinski definition) is 7. The van der Waals surface area contributed by atoms with E-state index in [1.54, 1.807) is 6.20 Å². The fourth-order valence-electron chi connectivity index (χ4n) is 4.27. The summed E-state index contributed by atoms with van der Waals surface area (Å²) in [5.74, 6) is -4.21. The maximum atomic E-state index is 13.6. The lowest BCUT2D eigenvalue weighted by Gasteiger charge is -2.29. The normalized spacial score (nSPS) is 17.8. The lowest BCUT2D eigenvalue weighted by Crippen LogP contribution is -2.57. The van der Waals surface area contributed by atoms with Crippen LogP contribution in [0.3, 0.4) is 0 Å². The van der Waals surface area contributed by atoms with Crippen LogP contribution in [0.5, 0.6) is 0 Å². The summed E-state index contributed by atoms with van der Waals surface area (Å²) in [6.07, 6.45) is 2.14. The van der Waals surface area contributed by atoms with Crippen molar-refractivity contribution in [1.29, 1.82) is 0 Å². The summed E-state index contributed by atoms with van der Waals surface area (Å²) < 4.78 is 0. The number of aromatic nitrogens is 1. The second-order valence-electron chi connectivity index (χ2n) is 8.67. The molecule has 1 aromatic heterocycles. The first-order chi connectivity index (χ1) is 17.1. The van der Waals surface area contributed by atoms with Gasteiger partial charge in [0, 0.05) is 30.1 Å². The van der Waals surface area contributed by atoms with Crippen LogP contribution in [0.4, 0.5) is 0 Å². The number of carbonyl (C=O) groups is 5. The highest BCUT2D eigenvalue weighted by molar-refractivity contribution is 5.96. The predicted octanol–water partition coefficient (Wildman–Crippen LogP) is -2.05. The molecule has 0 aliphatic carbocycles. The number of likely N-dealkylation sites (tertiary alicyclic amines) is 1. The topological polar surface area (TPSA) is 221 Å². The third-order valence-corrected chi connectivity index (χ3v) is 6.11. The van der Waals surface area contributed by atoms with Crippen LogP contribution < -0.4 is 22.1 Å². The summed E-state index contributed by atoms with van der Waals surface area (Å²) in [7, 11) is 0. The fraction of sp³-hybridized carbons (Fsp3) is 0.435. The molecule has 0 spiro atoms. The van der Waals surface area contributed by atoms with Crippen molar-refractivity contribution in [3.63, 3.8) is 0 Å². The SMILES string of the molecule is NC(=O)CC(N)C(=O)NC(Cc1c[nH]c2ccccc12)C(=O)N1CCCC1C(=O)NC(CO)C(=O)O. The monoisotopic (exact) mass is 502 g/mol. The predicted molar refractivity (Wildman–Crippen MR) is 127 cm³/mol. The number of carboxylic acids is 1. The average Bonchev–Trinajstić information content (AvgIpc) is 3.48. The molecule has 4 unspecified atom stereocenters. The molecule has 0 saturated carbocycles. The van der Waals surface area contributed by atoms with Crippen LogP contribution >= 0.6 is 0 Å². The Morgan fingerprint density at radius 3 is 2.53 bits per heavy atom. The van der Waals surface area contributed by atoms with E-state index in [1.165, 1.54) is 4.90 Å². The summed E-state index contributed by atoms with van der Waals surface area (Å²) >= 11 is 0. The highest BCUT2D eigenvalue weighted by atomic mass is 16.4. The zero-order valence-electron chi connectivity index (χ0n) is 19.5. The van der Waals surface area contributed by atoms with Gasteiger partial charge in [-0.3, -0.25) is 19.2 Å². The molecule has 0 radical (unpaired) electrons. The van der Waals surface area contributed by atoms with Gasteiger partial charge in [-0.05, 0) is 24.5 Å². The Morgan fingerprint density at radius 1 is 1.14 bits per heavy atom. The molecule has 1 saturated heterocycles. The number of carboxylic acid groups (broad SMARTS) is 1. The fourth-order valence-corrected chi connectivity index (χ4v) is 4.27. The van der Waals surface area contributed by atoms with Crippen LogP contribution in [0.2, 0.25) is 0 Å². The second kappa shape index (κ2) is 11.6. The van der Waals surface area contributed by atoms with Gasteiger partial charge in [-0.15, -0.1) is 0 Å². The van der Waals surface area contributed by atoms with Crippen LogP contribution in [0.1, 0.15) is 24.8 Å². The van der Waals surface area contributed by atoms with Gasteiger partial charge in [-0.2, -0.15) is 0 Å². The lowest BCUT2D eigenvalue weighted by atomic mass is 10.0. The average molecular weight is 503 g/mol. The van der Waals surface area contributed by atoms with Gasteiger partial charge >= 0.3 is 5.97 Å². The molecule has 1 aromatic carbocycles. The lowest BCUT2D eigenvalue weighted by molar-refractivity contribution is -0.145. The molecule has 13 heteroatoms. The minimum atomic E-state index is -1.51. The minimum absolute atomic E-state index is 0.0666. The highest BCUT2D eigenvalue weighted by Gasteiger charge is 2.39. The zero-order valence-corrected chi connectivity index (χ0v) is 19.5. The Bertz CT molecular complexity index is 1150. The van der Waals surface area contributed by atoms with Crippen molar-refractivity contribution in [2.75, 3.05) is 13.2 Å². The van der Waals surface area contributed by atoms with Crippen LogP contribution in [0.15, 0.2) is 30.5 Å². The number of aromatic amines is 1. The molecule has 9 N–H and O–H groups in total. The van der Waals surface area contributed by atoms with Gasteiger partial charge in [-0.1, -0.05) is 18.2 Å². The van der Waals surface area contributed by atoms with E-state index in [4.69, 9.17) is 16.6 Å². The molecule has 1 fully saturated rings. The summed E-state index contributed by atoms with van der Waals surface area (Å²) in [5.41, 5.74) is 12.5. The number of primary amides is 1. The quantitative estimate of drug-likeness (QED) is 0.181. The molecule has 3 rings (SSSR count). The first-order valence-corrected chi connectivity index (χ1v) is 11.5. The smallest absolute Gasteiger partial charge is 0.328 e. The first kappa shape index (κ1) is 26.6. The van der Waals surface area contributed by atoms with E-state index in [0.717, 1.165) is 16.5 Å². The van der Waals surface area contributed by atoms with Crippen LogP contribution in [-0.2, 0) is 30.4 Å². The number of nitrogens with one attached hydrogen (secondary N) is 3. The molecule has 4 amide bonds. The van der Waals surface area contributed by atoms with Crippen LogP contribution in [-0.4, -0.2) is 87.0 Å². The zero-order chi connectivity index (χ0) is 26.4. The van der Waals surface area contributed by atoms with E-state index in [-0.39, 0.29) is 19.4 Å². The number of fused-ring (bicyclic) bond motifs is 1. The number of aliphatic carboxylic acids is 1. The number of carbonyl (C=O) groups excluding carboxylic acids is 4. The number of benzene rings is 1. The van der Waals surface area contributed by atoms with Gasteiger partial charge in [0.25, 0.3) is 0 Å². The Morgan fingerprint density at radius 2 is 1.86 bits per heavy atom. The Kier molecular flexibility index (Phi) is 8.61. The van der Waals surface area contributed by atoms with Gasteiger partial charge in [-0.25, -0.2) is 4.79 Å². The van der Waals surface area contributed by atoms with E-state index in [0.29, 0.717) is 6.42 Å². The number of rotatable bonds is 11. The van der Waals surface area contributed by atoms with E-state index >= 15 is 0 Å². The number of nitrogens with two attached hydrogens (primary N) is 2. The van der Waals surface area contributed by atoms with Crippen molar-refractivity contribution >= 4 is 40.5 Å². The van der Waals surface area contributed by atoms with Crippen molar-refractivity contribution in [2.24, 2.45) is 11.5 Å². The van der Waals surface area contributed by atoms with Gasteiger partial charge in [0.15, 0.2) is 0 Å². The van der Waals surface area contributed by atoms with Gasteiger partial charge in [0.05, 0.1) is 19.1 Å². The number of H-pyrrole nitrogens is 1. The van der Waals surface area contributed by atoms with Crippen LogP contribution in [0, 0.1) is 0 Å². The van der Waals surface area contributed by atoms with Crippen molar-refractivity contribution in [3.8, 4) is 0 Å². The number of nitrogens with zero attached hydrogens (tertiary/aromatic N) is 1. The molecule has 4 atom stereocenters. The van der Waals surface area contributed by atoms with Crippen molar-refractivity contribution < 1.29 is 34.2 Å². The standard InChI is InChI=1S/C23H30N6O7/c24-14(9-19(25)31)20(32)27-16(8-12-10-26-15-5-2-1-4-13(12)15)22(34)29-7-3-6-18(29)21(33)28-17(11-30)23(35)36/h1-2,4-5,10,14,16-18,26,30H,3,6-9,11,24H2,(H2,25,31)(H,27,32)(H,28,33)(H,35,36). The van der Waals surface area contributed by atoms with E-state index in [2.05, 4.69) is 15.6 Å². The van der Waals surface area contributed by atoms with Gasteiger partial charge in [0.2, 0.25) is 23.6 Å². The van der Waals surface area contributed by atoms with Crippen LogP contribution in [0.25, 0.3) is 10.9 Å². The molecular weight excluding hydrogens is 472 g/mol. The molecule has 194 valence electrons. The van der Waals surface area contributed by atoms with Gasteiger partial charge in [0.1, 0.15) is 18.1 Å². The van der Waals surface area contributed by atoms with E-state index < -0.39 is 66.8 Å². The first-order valence-electron chi connectivity index (χ1n) is 11.5. The minimum Gasteiger partial charge on any atom is -0.480 e. The number of para-hydroxylation sites is 1. The number of amides is 4. The molecule has 13 nitrogen and oxygen atoms in total. The summed E-state index contributed by atoms with van der Waals surface area (Å²) in [4.78, 5) is 65.8. The molecule has 1 aliphatic heterocycles. The Labute approximate surface area is 206 Å². The molecule has 2 aromatic rings. The van der Waals surface area contributed by atoms with Crippen molar-refractivity contribution in [2.45, 2.75) is 49.9 Å². The molecular formula is C23H30N6O7. The molecule has 0 bridgehead atoms. The van der Waals surface area contributed by atoms with E-state index in [9.17, 15) is 29.1 Å². The number of hydrogen-bond donors (Lipinski definition) is 7. The summed E-state index contributed by atoms with van der Waals surface area (Å²) in [5, 5.41) is 24.0. The molecule has 1 aliphatic rings. The largest absolute Gasteiger partial charge is 0.480 e. The maximum Gasteiger partial charge on any atom is 0.328 e. The molecule has 36 heavy (non-hydrogen) atoms. The summed E-state index contributed by atoms with van der Waals surface area (Å²) in [6.45, 7) is -0.597. The summed E-state index contributed by atoms with van der Waals surface area (Å²) in [6, 6.07) is 2.51. The molecule has 2 heterocycles.